The lowest BCUT2D eigenvalue weighted by molar-refractivity contribution is -0.139. The van der Waals surface area contributed by atoms with E-state index in [1.54, 1.807) is 6.92 Å². The Labute approximate surface area is 78.2 Å². The van der Waals surface area contributed by atoms with E-state index < -0.39 is 5.97 Å². The van der Waals surface area contributed by atoms with Gasteiger partial charge in [0.25, 0.3) is 0 Å². The van der Waals surface area contributed by atoms with E-state index in [0.29, 0.717) is 6.54 Å². The van der Waals surface area contributed by atoms with E-state index in [1.165, 1.54) is 0 Å². The lowest BCUT2D eigenvalue weighted by Gasteiger charge is -2.32. The van der Waals surface area contributed by atoms with Gasteiger partial charge in [0, 0.05) is 6.54 Å². The van der Waals surface area contributed by atoms with Gasteiger partial charge in [-0.1, -0.05) is 0 Å². The molecule has 2 N–H and O–H groups in total. The van der Waals surface area contributed by atoms with E-state index in [0.717, 1.165) is 19.4 Å². The van der Waals surface area contributed by atoms with E-state index in [1.807, 2.05) is 4.90 Å². The highest BCUT2D eigenvalue weighted by atomic mass is 16.4. The zero-order valence-corrected chi connectivity index (χ0v) is 7.94. The van der Waals surface area contributed by atoms with Crippen molar-refractivity contribution in [3.63, 3.8) is 0 Å². The summed E-state index contributed by atoms with van der Waals surface area (Å²) >= 11 is 0. The standard InChI is InChI=1S/C9H17NO3/c1-7(11)8-3-2-4-10(5-8)6-9(12)13/h7-8,11H,2-6H2,1H3,(H,12,13)/t7-,8-/m1/s1. The molecule has 13 heavy (non-hydrogen) atoms. The maximum absolute atomic E-state index is 10.4. The minimum Gasteiger partial charge on any atom is -0.480 e. The molecule has 0 aromatic carbocycles. The Hall–Kier alpha value is -0.610. The molecule has 1 aliphatic heterocycles. The van der Waals surface area contributed by atoms with Gasteiger partial charge in [-0.15, -0.1) is 0 Å². The van der Waals surface area contributed by atoms with Crippen LogP contribution in [0.3, 0.4) is 0 Å². The van der Waals surface area contributed by atoms with Crippen molar-refractivity contribution in [3.05, 3.63) is 0 Å². The van der Waals surface area contributed by atoms with Gasteiger partial charge in [-0.2, -0.15) is 0 Å². The molecule has 4 nitrogen and oxygen atoms in total. The van der Waals surface area contributed by atoms with Crippen LogP contribution in [0.4, 0.5) is 0 Å². The number of carboxylic acid groups (broad SMARTS) is 1. The van der Waals surface area contributed by atoms with Crippen molar-refractivity contribution in [1.82, 2.24) is 4.90 Å². The summed E-state index contributed by atoms with van der Waals surface area (Å²) in [5.74, 6) is -0.542. The zero-order chi connectivity index (χ0) is 9.84. The molecule has 0 radical (unpaired) electrons. The van der Waals surface area contributed by atoms with Crippen LogP contribution in [-0.4, -0.2) is 46.8 Å². The van der Waals surface area contributed by atoms with Crippen LogP contribution in [0.25, 0.3) is 0 Å². The van der Waals surface area contributed by atoms with Crippen molar-refractivity contribution in [2.45, 2.75) is 25.9 Å². The molecule has 76 valence electrons. The van der Waals surface area contributed by atoms with Gasteiger partial charge in [0.15, 0.2) is 0 Å². The molecule has 0 amide bonds. The quantitative estimate of drug-likeness (QED) is 0.661. The number of likely N-dealkylation sites (tertiary alicyclic amines) is 1. The van der Waals surface area contributed by atoms with Crippen LogP contribution in [0.5, 0.6) is 0 Å². The van der Waals surface area contributed by atoms with Gasteiger partial charge in [-0.25, -0.2) is 0 Å². The van der Waals surface area contributed by atoms with Gasteiger partial charge >= 0.3 is 5.97 Å². The Morgan fingerprint density at radius 3 is 2.92 bits per heavy atom. The van der Waals surface area contributed by atoms with Crippen molar-refractivity contribution in [3.8, 4) is 0 Å². The van der Waals surface area contributed by atoms with Gasteiger partial charge in [0.1, 0.15) is 0 Å². The largest absolute Gasteiger partial charge is 0.480 e. The van der Waals surface area contributed by atoms with Crippen molar-refractivity contribution in [2.75, 3.05) is 19.6 Å². The summed E-state index contributed by atoms with van der Waals surface area (Å²) in [4.78, 5) is 12.3. The summed E-state index contributed by atoms with van der Waals surface area (Å²) in [5, 5.41) is 17.9. The number of aliphatic hydroxyl groups excluding tert-OH is 1. The molecule has 0 saturated carbocycles. The number of aliphatic hydroxyl groups is 1. The second-order valence-corrected chi connectivity index (χ2v) is 3.77. The summed E-state index contributed by atoms with van der Waals surface area (Å²) in [5.41, 5.74) is 0. The van der Waals surface area contributed by atoms with Gasteiger partial charge < -0.3 is 10.2 Å². The number of hydrogen-bond donors (Lipinski definition) is 2. The Balaban J connectivity index is 2.37. The Bertz CT molecular complexity index is 182. The summed E-state index contributed by atoms with van der Waals surface area (Å²) in [6, 6.07) is 0. The van der Waals surface area contributed by atoms with Crippen LogP contribution in [0.2, 0.25) is 0 Å². The molecule has 0 unspecified atom stereocenters. The zero-order valence-electron chi connectivity index (χ0n) is 7.94. The van der Waals surface area contributed by atoms with Crippen LogP contribution in [-0.2, 0) is 4.79 Å². The third kappa shape index (κ3) is 3.32. The maximum atomic E-state index is 10.4. The minimum atomic E-state index is -0.786. The molecular weight excluding hydrogens is 170 g/mol. The molecule has 1 rings (SSSR count). The van der Waals surface area contributed by atoms with Crippen molar-refractivity contribution in [2.24, 2.45) is 5.92 Å². The SMILES string of the molecule is C[C@@H](O)[C@@H]1CCCN(CC(=O)O)C1. The Kier molecular flexibility index (Phi) is 3.69. The van der Waals surface area contributed by atoms with Crippen LogP contribution < -0.4 is 0 Å². The highest BCUT2D eigenvalue weighted by molar-refractivity contribution is 5.69. The average molecular weight is 187 g/mol. The normalized spacial score (nSPS) is 27.1. The summed E-state index contributed by atoms with van der Waals surface area (Å²) in [7, 11) is 0. The number of carboxylic acids is 1. The molecule has 0 aromatic heterocycles. The van der Waals surface area contributed by atoms with Gasteiger partial charge in [-0.05, 0) is 32.2 Å². The van der Waals surface area contributed by atoms with E-state index in [9.17, 15) is 9.90 Å². The fraction of sp³-hybridized carbons (Fsp3) is 0.889. The molecule has 0 aliphatic carbocycles. The molecule has 1 aliphatic rings. The smallest absolute Gasteiger partial charge is 0.317 e. The van der Waals surface area contributed by atoms with E-state index in [4.69, 9.17) is 5.11 Å². The van der Waals surface area contributed by atoms with Crippen LogP contribution >= 0.6 is 0 Å². The first-order valence-corrected chi connectivity index (χ1v) is 4.72. The monoisotopic (exact) mass is 187 g/mol. The van der Waals surface area contributed by atoms with E-state index in [-0.39, 0.29) is 18.6 Å². The molecule has 0 aromatic rings. The predicted molar refractivity (Wildman–Crippen MR) is 48.5 cm³/mol. The molecule has 4 heteroatoms. The second kappa shape index (κ2) is 4.58. The highest BCUT2D eigenvalue weighted by Gasteiger charge is 2.24. The van der Waals surface area contributed by atoms with Crippen LogP contribution in [0, 0.1) is 5.92 Å². The second-order valence-electron chi connectivity index (χ2n) is 3.77. The van der Waals surface area contributed by atoms with Crippen molar-refractivity contribution >= 4 is 5.97 Å². The van der Waals surface area contributed by atoms with Crippen molar-refractivity contribution < 1.29 is 15.0 Å². The average Bonchev–Trinajstić information content (AvgIpc) is 2.03. The third-order valence-electron chi connectivity index (χ3n) is 2.58. The lowest BCUT2D eigenvalue weighted by Crippen LogP contribution is -2.41. The summed E-state index contributed by atoms with van der Waals surface area (Å²) < 4.78 is 0. The minimum absolute atomic E-state index is 0.100. The molecule has 0 bridgehead atoms. The molecule has 1 heterocycles. The van der Waals surface area contributed by atoms with Gasteiger partial charge in [0.2, 0.25) is 0 Å². The van der Waals surface area contributed by atoms with E-state index in [2.05, 4.69) is 0 Å². The third-order valence-corrected chi connectivity index (χ3v) is 2.58. The Morgan fingerprint density at radius 2 is 2.38 bits per heavy atom. The first-order valence-electron chi connectivity index (χ1n) is 4.72. The molecule has 0 spiro atoms. The predicted octanol–water partition coefficient (Wildman–Crippen LogP) is 0.164. The molecule has 2 atom stereocenters. The number of nitrogens with zero attached hydrogens (tertiary/aromatic N) is 1. The number of rotatable bonds is 3. The number of carbonyl (C=O) groups is 1. The number of piperidine rings is 1. The summed E-state index contributed by atoms with van der Waals surface area (Å²) in [6.07, 6.45) is 1.67. The van der Waals surface area contributed by atoms with Gasteiger partial charge in [0.05, 0.1) is 12.6 Å². The maximum Gasteiger partial charge on any atom is 0.317 e. The highest BCUT2D eigenvalue weighted by Crippen LogP contribution is 2.19. The Morgan fingerprint density at radius 1 is 1.69 bits per heavy atom. The van der Waals surface area contributed by atoms with Crippen LogP contribution in [0.15, 0.2) is 0 Å². The number of hydrogen-bond acceptors (Lipinski definition) is 3. The first-order chi connectivity index (χ1) is 6.09. The number of aliphatic carboxylic acids is 1. The fourth-order valence-corrected chi connectivity index (χ4v) is 1.82. The van der Waals surface area contributed by atoms with E-state index >= 15 is 0 Å². The topological polar surface area (TPSA) is 60.8 Å². The summed E-state index contributed by atoms with van der Waals surface area (Å²) in [6.45, 7) is 3.43. The molecular formula is C9H17NO3. The fourth-order valence-electron chi connectivity index (χ4n) is 1.82. The van der Waals surface area contributed by atoms with Crippen LogP contribution in [0.1, 0.15) is 19.8 Å². The van der Waals surface area contributed by atoms with Gasteiger partial charge in [-0.3, -0.25) is 9.69 Å². The molecule has 1 fully saturated rings. The first kappa shape index (κ1) is 10.5. The lowest BCUT2D eigenvalue weighted by atomic mass is 9.93. The molecule has 1 saturated heterocycles. The van der Waals surface area contributed by atoms with Crippen molar-refractivity contribution in [1.29, 1.82) is 0 Å².